The van der Waals surface area contributed by atoms with Crippen LogP contribution in [0.2, 0.25) is 0 Å². The van der Waals surface area contributed by atoms with E-state index in [2.05, 4.69) is 24.2 Å². The molecule has 4 heteroatoms. The molecule has 94 valence electrons. The van der Waals surface area contributed by atoms with Crippen LogP contribution in [0.5, 0.6) is 0 Å². The Kier molecular flexibility index (Phi) is 4.74. The number of nitrogens with zero attached hydrogens (tertiary/aromatic N) is 1. The van der Waals surface area contributed by atoms with Crippen molar-refractivity contribution < 1.29 is 9.90 Å². The predicted molar refractivity (Wildman–Crippen MR) is 64.6 cm³/mol. The minimum absolute atomic E-state index is 0.412. The first-order valence-corrected chi connectivity index (χ1v) is 6.24. The summed E-state index contributed by atoms with van der Waals surface area (Å²) in [5.41, 5.74) is -0.679. The van der Waals surface area contributed by atoms with E-state index in [1.54, 1.807) is 0 Å². The van der Waals surface area contributed by atoms with E-state index >= 15 is 0 Å². The summed E-state index contributed by atoms with van der Waals surface area (Å²) in [5.74, 6) is -0.693. The maximum Gasteiger partial charge on any atom is 0.323 e. The smallest absolute Gasteiger partial charge is 0.323 e. The van der Waals surface area contributed by atoms with Crippen LogP contribution in [0.1, 0.15) is 39.5 Å². The Morgan fingerprint density at radius 1 is 1.56 bits per heavy atom. The summed E-state index contributed by atoms with van der Waals surface area (Å²) in [6.07, 6.45) is 3.58. The van der Waals surface area contributed by atoms with Crippen molar-refractivity contribution >= 4 is 5.97 Å². The molecule has 0 aliphatic heterocycles. The zero-order valence-corrected chi connectivity index (χ0v) is 10.6. The average molecular weight is 228 g/mol. The standard InChI is InChI=1S/C12H24N2O2/c1-4-8-14(3)10-6-7-12(9-10,11(15)16)13-5-2/h10,13H,4-9H2,1-3H3,(H,15,16). The summed E-state index contributed by atoms with van der Waals surface area (Å²) in [5, 5.41) is 12.5. The van der Waals surface area contributed by atoms with Gasteiger partial charge in [-0.25, -0.2) is 0 Å². The number of carbonyl (C=O) groups is 1. The van der Waals surface area contributed by atoms with Gasteiger partial charge in [0.2, 0.25) is 0 Å². The number of rotatable bonds is 6. The van der Waals surface area contributed by atoms with Crippen molar-refractivity contribution in [3.05, 3.63) is 0 Å². The first-order valence-electron chi connectivity index (χ1n) is 6.24. The van der Waals surface area contributed by atoms with E-state index in [0.717, 1.165) is 38.8 Å². The van der Waals surface area contributed by atoms with Gasteiger partial charge in [0.25, 0.3) is 0 Å². The highest BCUT2D eigenvalue weighted by Gasteiger charge is 2.45. The van der Waals surface area contributed by atoms with Gasteiger partial charge in [-0.3, -0.25) is 4.79 Å². The van der Waals surface area contributed by atoms with E-state index in [0.29, 0.717) is 6.04 Å². The molecule has 1 rings (SSSR count). The molecule has 0 aromatic rings. The van der Waals surface area contributed by atoms with E-state index in [1.165, 1.54) is 0 Å². The van der Waals surface area contributed by atoms with Gasteiger partial charge < -0.3 is 15.3 Å². The number of carboxylic acid groups (broad SMARTS) is 1. The number of likely N-dealkylation sites (N-methyl/N-ethyl adjacent to an activating group) is 1. The molecule has 1 fully saturated rings. The lowest BCUT2D eigenvalue weighted by atomic mass is 9.97. The Morgan fingerprint density at radius 2 is 2.25 bits per heavy atom. The molecule has 4 nitrogen and oxygen atoms in total. The van der Waals surface area contributed by atoms with Crippen LogP contribution in [0.3, 0.4) is 0 Å². The summed E-state index contributed by atoms with van der Waals surface area (Å²) in [4.78, 5) is 13.7. The molecule has 0 amide bonds. The molecule has 0 heterocycles. The summed E-state index contributed by atoms with van der Waals surface area (Å²) in [6, 6.07) is 0.412. The number of carboxylic acids is 1. The SMILES string of the molecule is CCCN(C)C1CCC(NCC)(C(=O)O)C1. The lowest BCUT2D eigenvalue weighted by molar-refractivity contribution is -0.144. The van der Waals surface area contributed by atoms with Crippen molar-refractivity contribution in [3.8, 4) is 0 Å². The fourth-order valence-corrected chi connectivity index (χ4v) is 2.70. The van der Waals surface area contributed by atoms with E-state index < -0.39 is 11.5 Å². The van der Waals surface area contributed by atoms with Crippen LogP contribution in [0.25, 0.3) is 0 Å². The van der Waals surface area contributed by atoms with Gasteiger partial charge in [0.1, 0.15) is 5.54 Å². The first-order chi connectivity index (χ1) is 7.55. The van der Waals surface area contributed by atoms with Crippen LogP contribution in [0, 0.1) is 0 Å². The van der Waals surface area contributed by atoms with Crippen LogP contribution in [-0.2, 0) is 4.79 Å². The van der Waals surface area contributed by atoms with Gasteiger partial charge in [-0.1, -0.05) is 13.8 Å². The molecule has 1 aliphatic carbocycles. The number of hydrogen-bond acceptors (Lipinski definition) is 3. The van der Waals surface area contributed by atoms with E-state index in [1.807, 2.05) is 6.92 Å². The van der Waals surface area contributed by atoms with Gasteiger partial charge in [-0.2, -0.15) is 0 Å². The van der Waals surface area contributed by atoms with Gasteiger partial charge in [-0.05, 0) is 45.8 Å². The first kappa shape index (κ1) is 13.5. The van der Waals surface area contributed by atoms with Crippen LogP contribution >= 0.6 is 0 Å². The second-order valence-electron chi connectivity index (χ2n) is 4.79. The van der Waals surface area contributed by atoms with Crippen LogP contribution < -0.4 is 5.32 Å². The van der Waals surface area contributed by atoms with E-state index in [9.17, 15) is 9.90 Å². The van der Waals surface area contributed by atoms with Crippen molar-refractivity contribution in [1.82, 2.24) is 10.2 Å². The molecular formula is C12H24N2O2. The third-order valence-electron chi connectivity index (χ3n) is 3.61. The highest BCUT2D eigenvalue weighted by molar-refractivity contribution is 5.79. The van der Waals surface area contributed by atoms with Crippen molar-refractivity contribution in [2.75, 3.05) is 20.1 Å². The third-order valence-corrected chi connectivity index (χ3v) is 3.61. The van der Waals surface area contributed by atoms with Gasteiger partial charge in [0, 0.05) is 6.04 Å². The second-order valence-corrected chi connectivity index (χ2v) is 4.79. The largest absolute Gasteiger partial charge is 0.480 e. The van der Waals surface area contributed by atoms with Crippen LogP contribution in [0.4, 0.5) is 0 Å². The van der Waals surface area contributed by atoms with E-state index in [4.69, 9.17) is 0 Å². The fraction of sp³-hybridized carbons (Fsp3) is 0.917. The molecule has 2 unspecified atom stereocenters. The lowest BCUT2D eigenvalue weighted by Crippen LogP contribution is -2.51. The molecule has 0 spiro atoms. The summed E-state index contributed by atoms with van der Waals surface area (Å²) < 4.78 is 0. The molecule has 16 heavy (non-hydrogen) atoms. The van der Waals surface area contributed by atoms with Gasteiger partial charge >= 0.3 is 5.97 Å². The molecular weight excluding hydrogens is 204 g/mol. The van der Waals surface area contributed by atoms with E-state index in [-0.39, 0.29) is 0 Å². The molecule has 0 radical (unpaired) electrons. The van der Waals surface area contributed by atoms with Crippen LogP contribution in [-0.4, -0.2) is 47.7 Å². The Balaban J connectivity index is 2.63. The summed E-state index contributed by atoms with van der Waals surface area (Å²) in [6.45, 7) is 5.89. The molecule has 0 bridgehead atoms. The highest BCUT2D eigenvalue weighted by Crippen LogP contribution is 2.33. The zero-order chi connectivity index (χ0) is 12.2. The van der Waals surface area contributed by atoms with Gasteiger partial charge in [0.05, 0.1) is 0 Å². The maximum atomic E-state index is 11.4. The molecule has 0 saturated heterocycles. The predicted octanol–water partition coefficient (Wildman–Crippen LogP) is 1.31. The zero-order valence-electron chi connectivity index (χ0n) is 10.6. The Labute approximate surface area is 98.0 Å². The molecule has 1 aliphatic rings. The molecule has 0 aromatic heterocycles. The summed E-state index contributed by atoms with van der Waals surface area (Å²) in [7, 11) is 2.10. The Hall–Kier alpha value is -0.610. The lowest BCUT2D eigenvalue weighted by Gasteiger charge is -2.28. The van der Waals surface area contributed by atoms with Gasteiger partial charge in [0.15, 0.2) is 0 Å². The van der Waals surface area contributed by atoms with Crippen molar-refractivity contribution in [2.24, 2.45) is 0 Å². The normalized spacial score (nSPS) is 29.9. The second kappa shape index (κ2) is 5.64. The molecule has 1 saturated carbocycles. The minimum Gasteiger partial charge on any atom is -0.480 e. The maximum absolute atomic E-state index is 11.4. The van der Waals surface area contributed by atoms with Crippen molar-refractivity contribution in [2.45, 2.75) is 51.1 Å². The quantitative estimate of drug-likeness (QED) is 0.720. The monoisotopic (exact) mass is 228 g/mol. The highest BCUT2D eigenvalue weighted by atomic mass is 16.4. The molecule has 2 atom stereocenters. The van der Waals surface area contributed by atoms with Crippen molar-refractivity contribution in [3.63, 3.8) is 0 Å². The Morgan fingerprint density at radius 3 is 2.75 bits per heavy atom. The molecule has 0 aromatic carbocycles. The third kappa shape index (κ3) is 2.74. The minimum atomic E-state index is -0.693. The fourth-order valence-electron chi connectivity index (χ4n) is 2.70. The van der Waals surface area contributed by atoms with Crippen molar-refractivity contribution in [1.29, 1.82) is 0 Å². The number of hydrogen-bond donors (Lipinski definition) is 2. The Bertz CT molecular complexity index is 245. The number of nitrogens with one attached hydrogen (secondary N) is 1. The summed E-state index contributed by atoms with van der Waals surface area (Å²) >= 11 is 0. The average Bonchev–Trinajstić information content (AvgIpc) is 2.64. The number of aliphatic carboxylic acids is 1. The molecule has 2 N–H and O–H groups in total. The van der Waals surface area contributed by atoms with Crippen LogP contribution in [0.15, 0.2) is 0 Å². The topological polar surface area (TPSA) is 52.6 Å². The van der Waals surface area contributed by atoms with Gasteiger partial charge in [-0.15, -0.1) is 0 Å².